The molecule has 1 saturated heterocycles. The predicted molar refractivity (Wildman–Crippen MR) is 68.8 cm³/mol. The van der Waals surface area contributed by atoms with Crippen molar-refractivity contribution < 1.29 is 14.7 Å². The molecule has 6 heteroatoms. The first-order chi connectivity index (χ1) is 8.03. The first kappa shape index (κ1) is 12.4. The van der Waals surface area contributed by atoms with Gasteiger partial charge in [0, 0.05) is 10.6 Å². The van der Waals surface area contributed by atoms with Crippen LogP contribution in [0.15, 0.2) is 12.1 Å². The van der Waals surface area contributed by atoms with Gasteiger partial charge in [0.2, 0.25) is 0 Å². The number of carbonyl (C=O) groups excluding carboxylic acids is 1. The molecular weight excluding hydrogens is 258 g/mol. The van der Waals surface area contributed by atoms with Crippen LogP contribution in [0.1, 0.15) is 21.0 Å². The second kappa shape index (κ2) is 4.70. The fraction of sp³-hybridized carbons (Fsp3) is 0.455. The van der Waals surface area contributed by atoms with Gasteiger partial charge < -0.3 is 10.4 Å². The Morgan fingerprint density at radius 2 is 2.24 bits per heavy atom. The van der Waals surface area contributed by atoms with E-state index >= 15 is 0 Å². The quantitative estimate of drug-likeness (QED) is 0.879. The van der Waals surface area contributed by atoms with Crippen LogP contribution in [0.25, 0.3) is 0 Å². The van der Waals surface area contributed by atoms with E-state index in [-0.39, 0.29) is 5.91 Å². The van der Waals surface area contributed by atoms with Gasteiger partial charge in [-0.1, -0.05) is 0 Å². The summed E-state index contributed by atoms with van der Waals surface area (Å²) >= 11 is 2.94. The standard InChI is InChI=1S/C11H13NO3S2/c1-7-2-3-8(17-7)9(13)12-11(10(14)15)4-5-16-6-11/h2-3H,4-6H2,1H3,(H,12,13)(H,14,15)/t11-/m0/s1. The van der Waals surface area contributed by atoms with E-state index in [0.717, 1.165) is 10.6 Å². The minimum Gasteiger partial charge on any atom is -0.479 e. The summed E-state index contributed by atoms with van der Waals surface area (Å²) in [6.07, 6.45) is 0.489. The average molecular weight is 271 g/mol. The average Bonchev–Trinajstić information content (AvgIpc) is 2.87. The highest BCUT2D eigenvalue weighted by atomic mass is 32.2. The first-order valence-electron chi connectivity index (χ1n) is 5.24. The number of nitrogens with one attached hydrogen (secondary N) is 1. The summed E-state index contributed by atoms with van der Waals surface area (Å²) in [5, 5.41) is 11.9. The van der Waals surface area contributed by atoms with Gasteiger partial charge in [-0.15, -0.1) is 11.3 Å². The molecular formula is C11H13NO3S2. The van der Waals surface area contributed by atoms with Crippen LogP contribution in [0.2, 0.25) is 0 Å². The predicted octanol–water partition coefficient (Wildman–Crippen LogP) is 1.75. The Morgan fingerprint density at radius 3 is 2.71 bits per heavy atom. The highest BCUT2D eigenvalue weighted by Crippen LogP contribution is 2.29. The molecule has 0 radical (unpaired) electrons. The molecule has 4 nitrogen and oxygen atoms in total. The Bertz CT molecular complexity index is 449. The molecule has 92 valence electrons. The number of rotatable bonds is 3. The van der Waals surface area contributed by atoms with Crippen LogP contribution in [0.4, 0.5) is 0 Å². The Hall–Kier alpha value is -1.01. The molecule has 1 aliphatic heterocycles. The fourth-order valence-corrected chi connectivity index (χ4v) is 3.81. The van der Waals surface area contributed by atoms with Crippen molar-refractivity contribution >= 4 is 35.0 Å². The van der Waals surface area contributed by atoms with Crippen molar-refractivity contribution in [3.05, 3.63) is 21.9 Å². The maximum atomic E-state index is 12.0. The number of hydrogen-bond donors (Lipinski definition) is 2. The Labute approximate surface area is 107 Å². The number of thioether (sulfide) groups is 1. The van der Waals surface area contributed by atoms with Gasteiger partial charge in [-0.2, -0.15) is 11.8 Å². The summed E-state index contributed by atoms with van der Waals surface area (Å²) in [4.78, 5) is 24.8. The Kier molecular flexibility index (Phi) is 3.44. The summed E-state index contributed by atoms with van der Waals surface area (Å²) in [6.45, 7) is 1.92. The van der Waals surface area contributed by atoms with Crippen molar-refractivity contribution in [2.24, 2.45) is 0 Å². The lowest BCUT2D eigenvalue weighted by Crippen LogP contribution is -2.54. The smallest absolute Gasteiger partial charge is 0.330 e. The minimum absolute atomic E-state index is 0.284. The van der Waals surface area contributed by atoms with Crippen molar-refractivity contribution in [1.82, 2.24) is 5.32 Å². The van der Waals surface area contributed by atoms with Gasteiger partial charge in [-0.3, -0.25) is 4.79 Å². The molecule has 1 aromatic rings. The van der Waals surface area contributed by atoms with Crippen LogP contribution in [0.3, 0.4) is 0 Å². The molecule has 2 N–H and O–H groups in total. The van der Waals surface area contributed by atoms with Crippen LogP contribution in [0.5, 0.6) is 0 Å². The van der Waals surface area contributed by atoms with Crippen molar-refractivity contribution in [2.45, 2.75) is 18.9 Å². The zero-order valence-electron chi connectivity index (χ0n) is 9.36. The van der Waals surface area contributed by atoms with E-state index in [0.29, 0.717) is 17.1 Å². The van der Waals surface area contributed by atoms with Crippen LogP contribution >= 0.6 is 23.1 Å². The molecule has 0 saturated carbocycles. The lowest BCUT2D eigenvalue weighted by molar-refractivity contribution is -0.143. The molecule has 1 aromatic heterocycles. The number of amides is 1. The normalized spacial score (nSPS) is 23.6. The number of carboxylic acids is 1. The van der Waals surface area contributed by atoms with Gasteiger partial charge in [0.05, 0.1) is 4.88 Å². The second-order valence-electron chi connectivity index (χ2n) is 4.05. The molecule has 0 spiro atoms. The Balaban J connectivity index is 2.14. The van der Waals surface area contributed by atoms with Gasteiger partial charge in [0.25, 0.3) is 5.91 Å². The molecule has 0 bridgehead atoms. The van der Waals surface area contributed by atoms with Gasteiger partial charge >= 0.3 is 5.97 Å². The number of carbonyl (C=O) groups is 2. The monoisotopic (exact) mass is 271 g/mol. The van der Waals surface area contributed by atoms with Gasteiger partial charge in [-0.25, -0.2) is 4.79 Å². The number of hydrogen-bond acceptors (Lipinski definition) is 4. The molecule has 1 aliphatic rings. The summed E-state index contributed by atoms with van der Waals surface area (Å²) in [5.74, 6) is -0.00814. The molecule has 1 fully saturated rings. The summed E-state index contributed by atoms with van der Waals surface area (Å²) in [7, 11) is 0. The van der Waals surface area contributed by atoms with Crippen LogP contribution in [-0.2, 0) is 4.79 Å². The van der Waals surface area contributed by atoms with E-state index in [9.17, 15) is 14.7 Å². The SMILES string of the molecule is Cc1ccc(C(=O)N[C@@]2(C(=O)O)CCSC2)s1. The molecule has 17 heavy (non-hydrogen) atoms. The van der Waals surface area contributed by atoms with Crippen molar-refractivity contribution in [3.63, 3.8) is 0 Å². The molecule has 1 atom stereocenters. The van der Waals surface area contributed by atoms with Crippen molar-refractivity contribution in [1.29, 1.82) is 0 Å². The first-order valence-corrected chi connectivity index (χ1v) is 7.21. The van der Waals surface area contributed by atoms with E-state index in [4.69, 9.17) is 0 Å². The van der Waals surface area contributed by atoms with E-state index in [1.807, 2.05) is 13.0 Å². The molecule has 1 amide bonds. The van der Waals surface area contributed by atoms with Gasteiger partial charge in [-0.05, 0) is 31.2 Å². The topological polar surface area (TPSA) is 66.4 Å². The van der Waals surface area contributed by atoms with E-state index < -0.39 is 11.5 Å². The fourth-order valence-electron chi connectivity index (χ4n) is 1.72. The molecule has 0 aliphatic carbocycles. The molecule has 0 aromatic carbocycles. The van der Waals surface area contributed by atoms with Crippen LogP contribution in [-0.4, -0.2) is 34.0 Å². The third-order valence-electron chi connectivity index (χ3n) is 2.75. The molecule has 2 rings (SSSR count). The lowest BCUT2D eigenvalue weighted by Gasteiger charge is -2.24. The summed E-state index contributed by atoms with van der Waals surface area (Å²) in [6, 6.07) is 3.59. The van der Waals surface area contributed by atoms with Gasteiger partial charge in [0.1, 0.15) is 5.54 Å². The summed E-state index contributed by atoms with van der Waals surface area (Å²) in [5.41, 5.74) is -1.08. The zero-order valence-corrected chi connectivity index (χ0v) is 11.0. The third kappa shape index (κ3) is 2.47. The second-order valence-corrected chi connectivity index (χ2v) is 6.45. The van der Waals surface area contributed by atoms with Gasteiger partial charge in [0.15, 0.2) is 0 Å². The van der Waals surface area contributed by atoms with E-state index in [2.05, 4.69) is 5.32 Å². The maximum Gasteiger partial charge on any atom is 0.330 e. The minimum atomic E-state index is -1.08. The lowest BCUT2D eigenvalue weighted by atomic mass is 9.99. The largest absolute Gasteiger partial charge is 0.479 e. The molecule has 2 heterocycles. The Morgan fingerprint density at radius 1 is 1.47 bits per heavy atom. The third-order valence-corrected chi connectivity index (χ3v) is 4.94. The highest BCUT2D eigenvalue weighted by molar-refractivity contribution is 7.99. The molecule has 0 unspecified atom stereocenters. The number of carboxylic acid groups (broad SMARTS) is 1. The number of aryl methyl sites for hydroxylation is 1. The van der Waals surface area contributed by atoms with Crippen molar-refractivity contribution in [3.8, 4) is 0 Å². The highest BCUT2D eigenvalue weighted by Gasteiger charge is 2.43. The number of aliphatic carboxylic acids is 1. The van der Waals surface area contributed by atoms with E-state index in [1.54, 1.807) is 17.8 Å². The van der Waals surface area contributed by atoms with Crippen molar-refractivity contribution in [2.75, 3.05) is 11.5 Å². The zero-order chi connectivity index (χ0) is 12.5. The van der Waals surface area contributed by atoms with E-state index in [1.165, 1.54) is 11.3 Å². The van der Waals surface area contributed by atoms with Crippen LogP contribution < -0.4 is 5.32 Å². The summed E-state index contributed by atoms with van der Waals surface area (Å²) < 4.78 is 0. The van der Waals surface area contributed by atoms with Crippen LogP contribution in [0, 0.1) is 6.92 Å². The number of thiophene rings is 1. The maximum absolute atomic E-state index is 12.0.